The molecule has 0 saturated carbocycles. The van der Waals surface area contributed by atoms with Crippen molar-refractivity contribution in [2.75, 3.05) is 0 Å². The van der Waals surface area contributed by atoms with Crippen LogP contribution >= 0.6 is 58.0 Å². The predicted octanol–water partition coefficient (Wildman–Crippen LogP) is 6.22. The topological polar surface area (TPSA) is 26.0 Å². The lowest BCUT2D eigenvalue weighted by Gasteiger charge is -2.16. The van der Waals surface area contributed by atoms with E-state index in [2.05, 4.69) is 0 Å². The standard InChI is InChI=1S/C13H7Cl5FN/c14-9-8(10(15)12(17)13(18)11(9)16)7-5(4-20)2-1-3-6(7)19/h1-3H,4,20H2. The van der Waals surface area contributed by atoms with Gasteiger partial charge in [0.05, 0.1) is 25.1 Å². The first-order valence-corrected chi connectivity index (χ1v) is 7.28. The second kappa shape index (κ2) is 6.27. The number of hydrogen-bond acceptors (Lipinski definition) is 1. The molecule has 0 aliphatic rings. The molecule has 2 aromatic carbocycles. The molecular formula is C13H7Cl5FN. The zero-order chi connectivity index (χ0) is 15.0. The number of rotatable bonds is 2. The highest BCUT2D eigenvalue weighted by molar-refractivity contribution is 6.56. The summed E-state index contributed by atoms with van der Waals surface area (Å²) < 4.78 is 14.2. The van der Waals surface area contributed by atoms with Crippen LogP contribution in [0.5, 0.6) is 0 Å². The van der Waals surface area contributed by atoms with E-state index in [4.69, 9.17) is 63.7 Å². The molecule has 2 rings (SSSR count). The minimum atomic E-state index is -0.522. The van der Waals surface area contributed by atoms with Gasteiger partial charge < -0.3 is 5.73 Å². The molecule has 2 aromatic rings. The first kappa shape index (κ1) is 16.2. The zero-order valence-corrected chi connectivity index (χ0v) is 13.6. The monoisotopic (exact) mass is 371 g/mol. The third-order valence-corrected chi connectivity index (χ3v) is 5.06. The average molecular weight is 373 g/mol. The Hall–Kier alpha value is -0.220. The zero-order valence-electron chi connectivity index (χ0n) is 9.78. The van der Waals surface area contributed by atoms with Crippen LogP contribution in [0.2, 0.25) is 25.1 Å². The van der Waals surface area contributed by atoms with Gasteiger partial charge in [-0.05, 0) is 11.6 Å². The summed E-state index contributed by atoms with van der Waals surface area (Å²) in [6.07, 6.45) is 0. The summed E-state index contributed by atoms with van der Waals surface area (Å²) in [5.74, 6) is -0.522. The molecule has 0 heterocycles. The molecular weight excluding hydrogens is 366 g/mol. The molecule has 0 aliphatic carbocycles. The van der Waals surface area contributed by atoms with Crippen LogP contribution < -0.4 is 5.73 Å². The summed E-state index contributed by atoms with van der Waals surface area (Å²) in [5, 5.41) is 0.127. The van der Waals surface area contributed by atoms with Crippen molar-refractivity contribution < 1.29 is 4.39 Å². The minimum Gasteiger partial charge on any atom is -0.326 e. The average Bonchev–Trinajstić information content (AvgIpc) is 2.44. The van der Waals surface area contributed by atoms with Gasteiger partial charge in [0.1, 0.15) is 5.82 Å². The Kier molecular flexibility index (Phi) is 5.06. The van der Waals surface area contributed by atoms with Gasteiger partial charge in [-0.25, -0.2) is 4.39 Å². The molecule has 7 heteroatoms. The first-order valence-electron chi connectivity index (χ1n) is 5.39. The normalized spacial score (nSPS) is 10.9. The molecule has 0 saturated heterocycles. The first-order chi connectivity index (χ1) is 9.40. The van der Waals surface area contributed by atoms with E-state index in [9.17, 15) is 4.39 Å². The van der Waals surface area contributed by atoms with Crippen molar-refractivity contribution in [1.29, 1.82) is 0 Å². The van der Waals surface area contributed by atoms with Crippen molar-refractivity contribution in [3.63, 3.8) is 0 Å². The predicted molar refractivity (Wildman–Crippen MR) is 84.8 cm³/mol. The van der Waals surface area contributed by atoms with Gasteiger partial charge in [-0.2, -0.15) is 0 Å². The number of hydrogen-bond donors (Lipinski definition) is 1. The smallest absolute Gasteiger partial charge is 0.131 e. The van der Waals surface area contributed by atoms with Crippen LogP contribution in [0, 0.1) is 5.82 Å². The molecule has 2 N–H and O–H groups in total. The highest BCUT2D eigenvalue weighted by atomic mass is 35.5. The molecule has 0 aliphatic heterocycles. The van der Waals surface area contributed by atoms with Gasteiger partial charge >= 0.3 is 0 Å². The third kappa shape index (κ3) is 2.61. The maximum Gasteiger partial charge on any atom is 0.131 e. The van der Waals surface area contributed by atoms with Gasteiger partial charge in [-0.15, -0.1) is 0 Å². The fraction of sp³-hybridized carbons (Fsp3) is 0.0769. The summed E-state index contributed by atoms with van der Waals surface area (Å²) in [6.45, 7) is 0.109. The van der Waals surface area contributed by atoms with Crippen molar-refractivity contribution in [2.24, 2.45) is 5.73 Å². The Morgan fingerprint density at radius 2 is 1.30 bits per heavy atom. The van der Waals surface area contributed by atoms with Gasteiger partial charge in [0.15, 0.2) is 0 Å². The van der Waals surface area contributed by atoms with Gasteiger partial charge in [0, 0.05) is 17.7 Å². The molecule has 0 amide bonds. The van der Waals surface area contributed by atoms with E-state index in [1.54, 1.807) is 12.1 Å². The molecule has 1 nitrogen and oxygen atoms in total. The summed E-state index contributed by atoms with van der Waals surface area (Å²) in [4.78, 5) is 0. The second-order valence-electron chi connectivity index (χ2n) is 3.92. The third-order valence-electron chi connectivity index (χ3n) is 2.78. The van der Waals surface area contributed by atoms with Gasteiger partial charge in [0.25, 0.3) is 0 Å². The van der Waals surface area contributed by atoms with Crippen LogP contribution in [0.4, 0.5) is 4.39 Å². The van der Waals surface area contributed by atoms with Crippen LogP contribution in [-0.4, -0.2) is 0 Å². The Morgan fingerprint density at radius 1 is 0.800 bits per heavy atom. The van der Waals surface area contributed by atoms with Gasteiger partial charge in [0.2, 0.25) is 0 Å². The highest BCUT2D eigenvalue weighted by Gasteiger charge is 2.23. The fourth-order valence-electron chi connectivity index (χ4n) is 1.84. The van der Waals surface area contributed by atoms with E-state index in [-0.39, 0.29) is 42.8 Å². The summed E-state index contributed by atoms with van der Waals surface area (Å²) in [6, 6.07) is 4.49. The summed E-state index contributed by atoms with van der Waals surface area (Å²) in [7, 11) is 0. The number of benzene rings is 2. The van der Waals surface area contributed by atoms with E-state index in [1.807, 2.05) is 0 Å². The van der Waals surface area contributed by atoms with Crippen molar-refractivity contribution in [3.8, 4) is 11.1 Å². The Labute approximate surface area is 140 Å². The number of nitrogens with two attached hydrogens (primary N) is 1. The van der Waals surface area contributed by atoms with Crippen molar-refractivity contribution >= 4 is 58.0 Å². The quantitative estimate of drug-likeness (QED) is 0.491. The lowest BCUT2D eigenvalue weighted by atomic mass is 9.98. The van der Waals surface area contributed by atoms with Crippen LogP contribution in [0.1, 0.15) is 5.56 Å². The van der Waals surface area contributed by atoms with E-state index < -0.39 is 5.82 Å². The van der Waals surface area contributed by atoms with Gasteiger partial charge in [-0.1, -0.05) is 70.1 Å². The molecule has 0 aromatic heterocycles. The maximum atomic E-state index is 14.2. The molecule has 0 unspecified atom stereocenters. The van der Waals surface area contributed by atoms with Crippen LogP contribution in [0.25, 0.3) is 11.1 Å². The van der Waals surface area contributed by atoms with Crippen molar-refractivity contribution in [2.45, 2.75) is 6.54 Å². The van der Waals surface area contributed by atoms with E-state index in [0.717, 1.165) is 0 Å². The van der Waals surface area contributed by atoms with Crippen LogP contribution in [0.15, 0.2) is 18.2 Å². The van der Waals surface area contributed by atoms with E-state index in [1.165, 1.54) is 6.07 Å². The maximum absolute atomic E-state index is 14.2. The van der Waals surface area contributed by atoms with E-state index in [0.29, 0.717) is 5.56 Å². The van der Waals surface area contributed by atoms with E-state index >= 15 is 0 Å². The molecule has 0 atom stereocenters. The second-order valence-corrected chi connectivity index (χ2v) is 5.81. The van der Waals surface area contributed by atoms with Crippen molar-refractivity contribution in [1.82, 2.24) is 0 Å². The lowest BCUT2D eigenvalue weighted by molar-refractivity contribution is 0.629. The molecule has 0 spiro atoms. The Morgan fingerprint density at radius 3 is 1.80 bits per heavy atom. The van der Waals surface area contributed by atoms with Gasteiger partial charge in [-0.3, -0.25) is 0 Å². The Balaban J connectivity index is 2.91. The fourth-order valence-corrected chi connectivity index (χ4v) is 3.17. The molecule has 0 bridgehead atoms. The highest BCUT2D eigenvalue weighted by Crippen LogP contribution is 2.49. The number of halogens is 6. The lowest BCUT2D eigenvalue weighted by Crippen LogP contribution is -2.02. The molecule has 20 heavy (non-hydrogen) atoms. The molecule has 106 valence electrons. The molecule has 0 fully saturated rings. The van der Waals surface area contributed by atoms with Crippen molar-refractivity contribution in [3.05, 3.63) is 54.7 Å². The van der Waals surface area contributed by atoms with Crippen LogP contribution in [0.3, 0.4) is 0 Å². The minimum absolute atomic E-state index is 0.0176. The van der Waals surface area contributed by atoms with Crippen LogP contribution in [-0.2, 0) is 6.54 Å². The Bertz CT molecular complexity index is 658. The SMILES string of the molecule is NCc1cccc(F)c1-c1c(Cl)c(Cl)c(Cl)c(Cl)c1Cl. The summed E-state index contributed by atoms with van der Waals surface area (Å²) >= 11 is 30.2. The largest absolute Gasteiger partial charge is 0.326 e. The molecule has 0 radical (unpaired) electrons. The summed E-state index contributed by atoms with van der Waals surface area (Å²) in [5.41, 5.74) is 6.51.